The third-order valence-corrected chi connectivity index (χ3v) is 2.30. The average Bonchev–Trinajstić information content (AvgIpc) is 2.29. The standard InChI is InChI=1S/C11H12N2O3S/c12-11(14)9-5-8(3-1-2-4-17)6-10(7-9)13(15)16/h1,3,5-7,17H,2,4H2,(H2,12,14). The molecule has 0 fully saturated rings. The molecule has 0 aromatic heterocycles. The fourth-order valence-corrected chi connectivity index (χ4v) is 1.42. The number of nitrogens with zero attached hydrogens (tertiary/aromatic N) is 1. The Morgan fingerprint density at radius 3 is 2.71 bits per heavy atom. The van der Waals surface area contributed by atoms with Gasteiger partial charge >= 0.3 is 0 Å². The lowest BCUT2D eigenvalue weighted by Gasteiger charge is -1.99. The van der Waals surface area contributed by atoms with Crippen molar-refractivity contribution in [2.75, 3.05) is 5.75 Å². The van der Waals surface area contributed by atoms with Crippen LogP contribution in [0.4, 0.5) is 5.69 Å². The number of primary amides is 1. The fourth-order valence-electron chi connectivity index (χ4n) is 1.27. The predicted molar refractivity (Wildman–Crippen MR) is 69.1 cm³/mol. The van der Waals surface area contributed by atoms with Gasteiger partial charge in [0.15, 0.2) is 0 Å². The van der Waals surface area contributed by atoms with E-state index in [4.69, 9.17) is 5.73 Å². The molecule has 0 radical (unpaired) electrons. The zero-order valence-corrected chi connectivity index (χ0v) is 9.89. The number of thiol groups is 1. The molecule has 2 N–H and O–H groups in total. The third-order valence-electron chi connectivity index (χ3n) is 2.04. The van der Waals surface area contributed by atoms with Gasteiger partial charge in [-0.15, -0.1) is 0 Å². The molecule has 6 heteroatoms. The van der Waals surface area contributed by atoms with Crippen molar-refractivity contribution < 1.29 is 9.72 Å². The summed E-state index contributed by atoms with van der Waals surface area (Å²) in [6.07, 6.45) is 4.28. The molecule has 5 nitrogen and oxygen atoms in total. The van der Waals surface area contributed by atoms with Crippen molar-refractivity contribution in [1.29, 1.82) is 0 Å². The number of nitro groups is 1. The molecule has 0 saturated carbocycles. The van der Waals surface area contributed by atoms with E-state index in [9.17, 15) is 14.9 Å². The van der Waals surface area contributed by atoms with Gasteiger partial charge in [-0.25, -0.2) is 0 Å². The molecular formula is C11H12N2O3S. The average molecular weight is 252 g/mol. The second kappa shape index (κ2) is 6.05. The Bertz CT molecular complexity index is 440. The molecule has 0 heterocycles. The van der Waals surface area contributed by atoms with Crippen LogP contribution < -0.4 is 5.73 Å². The maximum absolute atomic E-state index is 11.0. The summed E-state index contributed by atoms with van der Waals surface area (Å²) < 4.78 is 0. The normalized spacial score (nSPS) is 10.6. The van der Waals surface area contributed by atoms with Gasteiger partial charge in [-0.05, 0) is 23.8 Å². The number of hydrogen-bond acceptors (Lipinski definition) is 4. The molecule has 1 amide bonds. The van der Waals surface area contributed by atoms with E-state index in [0.29, 0.717) is 11.3 Å². The first kappa shape index (κ1) is 13.2. The molecule has 0 atom stereocenters. The molecule has 0 spiro atoms. The molecule has 0 aliphatic heterocycles. The molecule has 0 saturated heterocycles. The van der Waals surface area contributed by atoms with E-state index < -0.39 is 10.8 Å². The van der Waals surface area contributed by atoms with Gasteiger partial charge in [0, 0.05) is 17.7 Å². The van der Waals surface area contributed by atoms with Crippen LogP contribution in [0.5, 0.6) is 0 Å². The lowest BCUT2D eigenvalue weighted by atomic mass is 10.1. The number of carbonyl (C=O) groups is 1. The molecule has 0 bridgehead atoms. The minimum atomic E-state index is -0.683. The highest BCUT2D eigenvalue weighted by Gasteiger charge is 2.11. The molecule has 90 valence electrons. The minimum Gasteiger partial charge on any atom is -0.366 e. The van der Waals surface area contributed by atoms with Gasteiger partial charge in [-0.1, -0.05) is 12.2 Å². The van der Waals surface area contributed by atoms with Crippen molar-refractivity contribution in [2.45, 2.75) is 6.42 Å². The minimum absolute atomic E-state index is 0.129. The number of amides is 1. The van der Waals surface area contributed by atoms with Crippen molar-refractivity contribution in [3.63, 3.8) is 0 Å². The quantitative estimate of drug-likeness (QED) is 0.477. The highest BCUT2D eigenvalue weighted by atomic mass is 32.1. The number of non-ortho nitro benzene ring substituents is 1. The first-order chi connectivity index (χ1) is 8.04. The van der Waals surface area contributed by atoms with E-state index in [1.165, 1.54) is 12.1 Å². The molecule has 1 aromatic carbocycles. The maximum atomic E-state index is 11.0. The summed E-state index contributed by atoms with van der Waals surface area (Å²) in [5.74, 6) is 0.00577. The summed E-state index contributed by atoms with van der Waals surface area (Å²) in [4.78, 5) is 21.1. The van der Waals surface area contributed by atoms with Crippen molar-refractivity contribution in [1.82, 2.24) is 0 Å². The van der Waals surface area contributed by atoms with E-state index in [1.54, 1.807) is 6.08 Å². The smallest absolute Gasteiger partial charge is 0.270 e. The second-order valence-corrected chi connectivity index (χ2v) is 3.80. The van der Waals surface area contributed by atoms with Crippen molar-refractivity contribution in [2.24, 2.45) is 5.73 Å². The molecule has 1 aromatic rings. The molecular weight excluding hydrogens is 240 g/mol. The van der Waals surface area contributed by atoms with Gasteiger partial charge in [0.2, 0.25) is 5.91 Å². The number of rotatable bonds is 5. The molecule has 0 aliphatic rings. The van der Waals surface area contributed by atoms with E-state index in [0.717, 1.165) is 12.5 Å². The van der Waals surface area contributed by atoms with Gasteiger partial charge in [0.1, 0.15) is 0 Å². The van der Waals surface area contributed by atoms with Crippen LogP contribution >= 0.6 is 12.6 Å². The van der Waals surface area contributed by atoms with Crippen molar-refractivity contribution in [3.8, 4) is 0 Å². The number of carbonyl (C=O) groups excluding carboxylic acids is 1. The highest BCUT2D eigenvalue weighted by Crippen LogP contribution is 2.18. The Morgan fingerprint density at radius 2 is 2.18 bits per heavy atom. The Morgan fingerprint density at radius 1 is 1.47 bits per heavy atom. The lowest BCUT2D eigenvalue weighted by Crippen LogP contribution is -2.11. The van der Waals surface area contributed by atoms with E-state index >= 15 is 0 Å². The molecule has 0 unspecified atom stereocenters. The van der Waals surface area contributed by atoms with Crippen LogP contribution in [0.3, 0.4) is 0 Å². The van der Waals surface area contributed by atoms with Gasteiger partial charge in [0.25, 0.3) is 5.69 Å². The largest absolute Gasteiger partial charge is 0.366 e. The van der Waals surface area contributed by atoms with Crippen LogP contribution in [-0.2, 0) is 0 Å². The Labute approximate surface area is 104 Å². The highest BCUT2D eigenvalue weighted by molar-refractivity contribution is 7.80. The molecule has 1 rings (SSSR count). The summed E-state index contributed by atoms with van der Waals surface area (Å²) in [6, 6.07) is 4.07. The van der Waals surface area contributed by atoms with Gasteiger partial charge in [-0.3, -0.25) is 14.9 Å². The fraction of sp³-hybridized carbons (Fsp3) is 0.182. The molecule has 17 heavy (non-hydrogen) atoms. The summed E-state index contributed by atoms with van der Waals surface area (Å²) in [5.41, 5.74) is 5.67. The summed E-state index contributed by atoms with van der Waals surface area (Å²) in [5, 5.41) is 10.7. The third kappa shape index (κ3) is 3.92. The first-order valence-electron chi connectivity index (χ1n) is 4.91. The number of nitrogens with two attached hydrogens (primary N) is 1. The van der Waals surface area contributed by atoms with Crippen LogP contribution in [0.1, 0.15) is 22.3 Å². The van der Waals surface area contributed by atoms with E-state index in [2.05, 4.69) is 12.6 Å². The number of nitro benzene ring substituents is 1. The Balaban J connectivity index is 3.12. The topological polar surface area (TPSA) is 86.2 Å². The van der Waals surface area contributed by atoms with Crippen molar-refractivity contribution in [3.05, 3.63) is 45.5 Å². The zero-order valence-electron chi connectivity index (χ0n) is 9.00. The van der Waals surface area contributed by atoms with Gasteiger partial charge in [0.05, 0.1) is 4.92 Å². The van der Waals surface area contributed by atoms with Crippen LogP contribution in [0.15, 0.2) is 24.3 Å². The summed E-state index contributed by atoms with van der Waals surface area (Å²) >= 11 is 4.04. The maximum Gasteiger partial charge on any atom is 0.270 e. The first-order valence-corrected chi connectivity index (χ1v) is 5.54. The SMILES string of the molecule is NC(=O)c1cc(C=CCCS)cc([N+](=O)[O-])c1. The van der Waals surface area contributed by atoms with Crippen LogP contribution in [0.25, 0.3) is 6.08 Å². The monoisotopic (exact) mass is 252 g/mol. The summed E-state index contributed by atoms with van der Waals surface area (Å²) in [7, 11) is 0. The molecule has 0 aliphatic carbocycles. The van der Waals surface area contributed by atoms with Gasteiger partial charge < -0.3 is 5.73 Å². The van der Waals surface area contributed by atoms with Gasteiger partial charge in [-0.2, -0.15) is 12.6 Å². The second-order valence-electron chi connectivity index (χ2n) is 3.35. The van der Waals surface area contributed by atoms with Crippen LogP contribution in [0, 0.1) is 10.1 Å². The number of allylic oxidation sites excluding steroid dienone is 1. The zero-order chi connectivity index (χ0) is 12.8. The summed E-state index contributed by atoms with van der Waals surface area (Å²) in [6.45, 7) is 0. The number of benzene rings is 1. The van der Waals surface area contributed by atoms with Crippen molar-refractivity contribution >= 4 is 30.3 Å². The predicted octanol–water partition coefficient (Wildman–Crippen LogP) is 2.03. The van der Waals surface area contributed by atoms with E-state index in [-0.39, 0.29) is 11.3 Å². The lowest BCUT2D eigenvalue weighted by molar-refractivity contribution is -0.384. The van der Waals surface area contributed by atoms with E-state index in [1.807, 2.05) is 6.08 Å². The van der Waals surface area contributed by atoms with Crippen LogP contribution in [-0.4, -0.2) is 16.6 Å². The number of hydrogen-bond donors (Lipinski definition) is 2. The Hall–Kier alpha value is -1.82. The van der Waals surface area contributed by atoms with Crippen LogP contribution in [0.2, 0.25) is 0 Å². The Kier molecular flexibility index (Phi) is 4.71.